The van der Waals surface area contributed by atoms with Crippen LogP contribution in [0.1, 0.15) is 24.8 Å². The highest BCUT2D eigenvalue weighted by molar-refractivity contribution is 5.95. The fourth-order valence-corrected chi connectivity index (χ4v) is 3.27. The minimum atomic E-state index is -0.834. The maximum atomic E-state index is 12.1. The molecule has 1 fully saturated rings. The monoisotopic (exact) mass is 376 g/mol. The molecule has 0 aliphatic carbocycles. The smallest absolute Gasteiger partial charge is 0.321 e. The van der Waals surface area contributed by atoms with E-state index in [1.54, 1.807) is 0 Å². The lowest BCUT2D eigenvalue weighted by molar-refractivity contribution is -0.138. The van der Waals surface area contributed by atoms with Crippen LogP contribution < -0.4 is 10.6 Å². The second kappa shape index (κ2) is 10.6. The van der Waals surface area contributed by atoms with Crippen molar-refractivity contribution in [2.75, 3.05) is 33.2 Å². The van der Waals surface area contributed by atoms with Gasteiger partial charge in [0.2, 0.25) is 5.91 Å². The number of likely N-dealkylation sites (tertiary alicyclic amines) is 1. The molecule has 0 saturated carbocycles. The number of nitrogens with zero attached hydrogens (tertiary/aromatic N) is 2. The zero-order valence-corrected chi connectivity index (χ0v) is 15.7. The van der Waals surface area contributed by atoms with Gasteiger partial charge in [-0.05, 0) is 38.4 Å². The first-order valence-electron chi connectivity index (χ1n) is 9.20. The first kappa shape index (κ1) is 20.9. The normalized spacial score (nSPS) is 17.9. The van der Waals surface area contributed by atoms with Crippen LogP contribution in [0.15, 0.2) is 30.3 Å². The Bertz CT molecular complexity index is 638. The summed E-state index contributed by atoms with van der Waals surface area (Å²) in [6.45, 7) is 2.01. The van der Waals surface area contributed by atoms with E-state index in [1.165, 1.54) is 0 Å². The molecular weight excluding hydrogens is 348 g/mol. The number of carbonyl (C=O) groups is 3. The largest absolute Gasteiger partial charge is 0.480 e. The van der Waals surface area contributed by atoms with Gasteiger partial charge < -0.3 is 10.4 Å². The number of amides is 3. The lowest BCUT2D eigenvalue weighted by atomic mass is 10.1. The second-order valence-corrected chi connectivity index (χ2v) is 6.89. The summed E-state index contributed by atoms with van der Waals surface area (Å²) in [7, 11) is 1.82. The zero-order chi connectivity index (χ0) is 19.6. The summed E-state index contributed by atoms with van der Waals surface area (Å²) < 4.78 is 0. The topological polar surface area (TPSA) is 102 Å². The van der Waals surface area contributed by atoms with E-state index >= 15 is 0 Å². The predicted molar refractivity (Wildman–Crippen MR) is 101 cm³/mol. The molecule has 0 radical (unpaired) electrons. The highest BCUT2D eigenvalue weighted by atomic mass is 16.4. The van der Waals surface area contributed by atoms with Crippen LogP contribution in [0.4, 0.5) is 4.79 Å². The number of carboxylic acids is 1. The van der Waals surface area contributed by atoms with Gasteiger partial charge in [0.25, 0.3) is 0 Å². The van der Waals surface area contributed by atoms with E-state index in [4.69, 9.17) is 5.11 Å². The van der Waals surface area contributed by atoms with Crippen molar-refractivity contribution in [3.05, 3.63) is 35.9 Å². The number of likely N-dealkylation sites (N-methyl/N-ethyl adjacent to an activating group) is 1. The average molecular weight is 376 g/mol. The molecule has 1 aliphatic heterocycles. The number of aliphatic carboxylic acids is 1. The Labute approximate surface area is 159 Å². The molecule has 1 unspecified atom stereocenters. The van der Waals surface area contributed by atoms with Crippen molar-refractivity contribution in [3.8, 4) is 0 Å². The number of carboxylic acid groups (broad SMARTS) is 1. The van der Waals surface area contributed by atoms with E-state index in [2.05, 4.69) is 10.6 Å². The first-order valence-corrected chi connectivity index (χ1v) is 9.20. The summed E-state index contributed by atoms with van der Waals surface area (Å²) in [5.41, 5.74) is 0.962. The Morgan fingerprint density at radius 1 is 1.19 bits per heavy atom. The quantitative estimate of drug-likeness (QED) is 0.653. The van der Waals surface area contributed by atoms with Crippen LogP contribution in [0.3, 0.4) is 0 Å². The highest BCUT2D eigenvalue weighted by Gasteiger charge is 2.23. The number of hydrogen-bond donors (Lipinski definition) is 3. The van der Waals surface area contributed by atoms with Crippen LogP contribution in [0.2, 0.25) is 0 Å². The molecule has 2 rings (SSSR count). The number of carbonyl (C=O) groups excluding carboxylic acids is 2. The van der Waals surface area contributed by atoms with Crippen molar-refractivity contribution in [1.82, 2.24) is 20.4 Å². The van der Waals surface area contributed by atoms with Crippen molar-refractivity contribution in [2.45, 2.75) is 31.8 Å². The lowest BCUT2D eigenvalue weighted by Crippen LogP contribution is -2.44. The number of hydrogen-bond acceptors (Lipinski definition) is 5. The molecule has 0 aromatic heterocycles. The van der Waals surface area contributed by atoms with Crippen LogP contribution in [0.25, 0.3) is 0 Å². The van der Waals surface area contributed by atoms with E-state index in [9.17, 15) is 14.4 Å². The Hall–Kier alpha value is -2.45. The third-order valence-corrected chi connectivity index (χ3v) is 4.71. The van der Waals surface area contributed by atoms with E-state index in [1.807, 2.05) is 47.2 Å². The molecule has 0 spiro atoms. The Kier molecular flexibility index (Phi) is 8.22. The van der Waals surface area contributed by atoms with Gasteiger partial charge in [-0.15, -0.1) is 0 Å². The third kappa shape index (κ3) is 7.76. The molecule has 1 heterocycles. The summed E-state index contributed by atoms with van der Waals surface area (Å²) >= 11 is 0. The Morgan fingerprint density at radius 3 is 2.63 bits per heavy atom. The van der Waals surface area contributed by atoms with E-state index in [0.29, 0.717) is 13.1 Å². The van der Waals surface area contributed by atoms with Gasteiger partial charge in [0.1, 0.15) is 0 Å². The zero-order valence-electron chi connectivity index (χ0n) is 15.7. The Morgan fingerprint density at radius 2 is 1.93 bits per heavy atom. The molecular formula is C19H28N4O4. The van der Waals surface area contributed by atoms with Gasteiger partial charge in [-0.3, -0.25) is 24.7 Å². The standard InChI is InChI=1S/C19H28N4O4/c1-22(14-18(25)26)16-8-5-10-23(11-9-16)13-17(24)21-19(27)20-12-15-6-3-2-4-7-15/h2-4,6-7,16H,5,8-14H2,1H3,(H,25,26)(H2,20,21,24,27). The summed E-state index contributed by atoms with van der Waals surface area (Å²) in [5, 5.41) is 13.9. The summed E-state index contributed by atoms with van der Waals surface area (Å²) in [4.78, 5) is 38.7. The molecule has 1 aromatic rings. The average Bonchev–Trinajstić information content (AvgIpc) is 2.86. The number of nitrogens with one attached hydrogen (secondary N) is 2. The number of rotatable bonds is 7. The van der Waals surface area contributed by atoms with Crippen LogP contribution >= 0.6 is 0 Å². The van der Waals surface area contributed by atoms with Gasteiger partial charge in [-0.2, -0.15) is 0 Å². The van der Waals surface area contributed by atoms with Crippen LogP contribution in [0.5, 0.6) is 0 Å². The van der Waals surface area contributed by atoms with Gasteiger partial charge in [0, 0.05) is 19.1 Å². The second-order valence-electron chi connectivity index (χ2n) is 6.89. The van der Waals surface area contributed by atoms with Crippen molar-refractivity contribution < 1.29 is 19.5 Å². The molecule has 148 valence electrons. The molecule has 1 atom stereocenters. The molecule has 3 N–H and O–H groups in total. The fraction of sp³-hybridized carbons (Fsp3) is 0.526. The summed E-state index contributed by atoms with van der Waals surface area (Å²) in [6.07, 6.45) is 2.60. The lowest BCUT2D eigenvalue weighted by Gasteiger charge is -2.25. The first-order chi connectivity index (χ1) is 12.9. The van der Waals surface area contributed by atoms with Crippen molar-refractivity contribution in [2.24, 2.45) is 0 Å². The number of benzene rings is 1. The van der Waals surface area contributed by atoms with E-state index in [-0.39, 0.29) is 25.0 Å². The Balaban J connectivity index is 1.70. The van der Waals surface area contributed by atoms with Crippen LogP contribution in [0, 0.1) is 0 Å². The van der Waals surface area contributed by atoms with Gasteiger partial charge in [0.05, 0.1) is 13.1 Å². The van der Waals surface area contributed by atoms with Crippen molar-refractivity contribution in [3.63, 3.8) is 0 Å². The molecule has 8 heteroatoms. The molecule has 0 bridgehead atoms. The summed E-state index contributed by atoms with van der Waals surface area (Å²) in [5.74, 6) is -1.17. The highest BCUT2D eigenvalue weighted by Crippen LogP contribution is 2.15. The van der Waals surface area contributed by atoms with Gasteiger partial charge in [0.15, 0.2) is 0 Å². The van der Waals surface area contributed by atoms with Crippen molar-refractivity contribution in [1.29, 1.82) is 0 Å². The van der Waals surface area contributed by atoms with Gasteiger partial charge in [-0.25, -0.2) is 4.79 Å². The van der Waals surface area contributed by atoms with Crippen LogP contribution in [-0.4, -0.2) is 72.1 Å². The maximum Gasteiger partial charge on any atom is 0.321 e. The van der Waals surface area contributed by atoms with Crippen molar-refractivity contribution >= 4 is 17.9 Å². The van der Waals surface area contributed by atoms with E-state index < -0.39 is 12.0 Å². The van der Waals surface area contributed by atoms with Gasteiger partial charge in [-0.1, -0.05) is 30.3 Å². The SMILES string of the molecule is CN(CC(=O)O)C1CCCN(CC(=O)NC(=O)NCc2ccccc2)CC1. The third-order valence-electron chi connectivity index (χ3n) is 4.71. The van der Waals surface area contributed by atoms with Gasteiger partial charge >= 0.3 is 12.0 Å². The summed E-state index contributed by atoms with van der Waals surface area (Å²) in [6, 6.07) is 9.18. The number of imide groups is 1. The van der Waals surface area contributed by atoms with Crippen LogP contribution in [-0.2, 0) is 16.1 Å². The minimum absolute atomic E-state index is 0.0206. The maximum absolute atomic E-state index is 12.1. The molecule has 1 aliphatic rings. The molecule has 27 heavy (non-hydrogen) atoms. The minimum Gasteiger partial charge on any atom is -0.480 e. The molecule has 3 amide bonds. The molecule has 1 saturated heterocycles. The predicted octanol–water partition coefficient (Wildman–Crippen LogP) is 0.883. The molecule has 8 nitrogen and oxygen atoms in total. The molecule has 1 aromatic carbocycles. The van der Waals surface area contributed by atoms with E-state index in [0.717, 1.165) is 31.4 Å². The fourth-order valence-electron chi connectivity index (χ4n) is 3.27. The number of urea groups is 1.